The highest BCUT2D eigenvalue weighted by Gasteiger charge is 2.27. The summed E-state index contributed by atoms with van der Waals surface area (Å²) >= 11 is 0. The summed E-state index contributed by atoms with van der Waals surface area (Å²) in [6.07, 6.45) is 0. The molecule has 1 fully saturated rings. The number of nitrogens with one attached hydrogen (secondary N) is 1. The number of ether oxygens (including phenoxy) is 1. The summed E-state index contributed by atoms with van der Waals surface area (Å²) in [5.74, 6) is 1.09. The minimum Gasteiger partial charge on any atom is -0.378 e. The van der Waals surface area contributed by atoms with Crippen LogP contribution < -0.4 is 5.32 Å². The predicted octanol–water partition coefficient (Wildman–Crippen LogP) is 1.07. The molecule has 122 valence electrons. The minimum absolute atomic E-state index is 0.0377. The Balaban J connectivity index is 1.74. The molecule has 7 heteroatoms. The maximum atomic E-state index is 12.9. The second-order valence-corrected chi connectivity index (χ2v) is 5.40. The first-order valence-corrected chi connectivity index (χ1v) is 7.68. The van der Waals surface area contributed by atoms with Crippen LogP contribution in [-0.4, -0.2) is 47.3 Å². The van der Waals surface area contributed by atoms with Crippen molar-refractivity contribution < 1.29 is 14.1 Å². The first-order chi connectivity index (χ1) is 11.2. The Morgan fingerprint density at radius 1 is 1.30 bits per heavy atom. The van der Waals surface area contributed by atoms with Crippen LogP contribution >= 0.6 is 0 Å². The van der Waals surface area contributed by atoms with Crippen LogP contribution in [0.15, 0.2) is 34.9 Å². The number of amides is 1. The summed E-state index contributed by atoms with van der Waals surface area (Å²) in [6.45, 7) is 4.50. The number of nitrogens with zero attached hydrogens (tertiary/aromatic N) is 3. The molecule has 3 rings (SSSR count). The molecular formula is C16H20N4O3. The number of carbonyl (C=O) groups is 1. The van der Waals surface area contributed by atoms with Crippen molar-refractivity contribution in [3.05, 3.63) is 47.6 Å². The lowest BCUT2D eigenvalue weighted by molar-refractivity contribution is -0.137. The van der Waals surface area contributed by atoms with Gasteiger partial charge in [0.1, 0.15) is 6.04 Å². The van der Waals surface area contributed by atoms with E-state index >= 15 is 0 Å². The molecule has 1 aromatic heterocycles. The van der Waals surface area contributed by atoms with Crippen LogP contribution in [0.2, 0.25) is 0 Å². The summed E-state index contributed by atoms with van der Waals surface area (Å²) < 4.78 is 10.4. The molecule has 1 aliphatic rings. The SMILES string of the molecule is Cc1noc(CNC(C(=O)N2CCOCC2)c2ccccc2)n1. The van der Waals surface area contributed by atoms with Crippen LogP contribution in [0.25, 0.3) is 0 Å². The first-order valence-electron chi connectivity index (χ1n) is 7.68. The van der Waals surface area contributed by atoms with Gasteiger partial charge in [-0.15, -0.1) is 0 Å². The largest absolute Gasteiger partial charge is 0.378 e. The van der Waals surface area contributed by atoms with Gasteiger partial charge >= 0.3 is 0 Å². The molecule has 1 saturated heterocycles. The van der Waals surface area contributed by atoms with Gasteiger partial charge in [0.25, 0.3) is 0 Å². The Bertz CT molecular complexity index is 638. The van der Waals surface area contributed by atoms with Crippen molar-refractivity contribution in [3.8, 4) is 0 Å². The first kappa shape index (κ1) is 15.6. The normalized spacial score (nSPS) is 16.3. The fraction of sp³-hybridized carbons (Fsp3) is 0.438. The smallest absolute Gasteiger partial charge is 0.244 e. The molecule has 2 heterocycles. The van der Waals surface area contributed by atoms with Crippen molar-refractivity contribution in [2.75, 3.05) is 26.3 Å². The number of rotatable bonds is 5. The lowest BCUT2D eigenvalue weighted by atomic mass is 10.1. The highest BCUT2D eigenvalue weighted by molar-refractivity contribution is 5.83. The van der Waals surface area contributed by atoms with Crippen molar-refractivity contribution in [2.24, 2.45) is 0 Å². The van der Waals surface area contributed by atoms with Gasteiger partial charge in [-0.1, -0.05) is 35.5 Å². The molecule has 0 radical (unpaired) electrons. The Morgan fingerprint density at radius 2 is 2.04 bits per heavy atom. The molecule has 7 nitrogen and oxygen atoms in total. The minimum atomic E-state index is -0.443. The van der Waals surface area contributed by atoms with Gasteiger partial charge < -0.3 is 14.2 Å². The van der Waals surface area contributed by atoms with E-state index in [9.17, 15) is 4.79 Å². The standard InChI is InChI=1S/C16H20N4O3/c1-12-18-14(23-19-12)11-17-15(13-5-3-2-4-6-13)16(21)20-7-9-22-10-8-20/h2-6,15,17H,7-11H2,1H3. The van der Waals surface area contributed by atoms with Gasteiger partial charge in [-0.3, -0.25) is 10.1 Å². The maximum Gasteiger partial charge on any atom is 0.244 e. The maximum absolute atomic E-state index is 12.9. The molecule has 1 aliphatic heterocycles. The topological polar surface area (TPSA) is 80.5 Å². The van der Waals surface area contributed by atoms with Gasteiger partial charge in [-0.25, -0.2) is 0 Å². The zero-order chi connectivity index (χ0) is 16.1. The van der Waals surface area contributed by atoms with E-state index in [-0.39, 0.29) is 5.91 Å². The molecular weight excluding hydrogens is 296 g/mol. The summed E-state index contributed by atoms with van der Waals surface area (Å²) in [7, 11) is 0. The third-order valence-corrected chi connectivity index (χ3v) is 3.73. The fourth-order valence-corrected chi connectivity index (χ4v) is 2.56. The lowest BCUT2D eigenvalue weighted by Crippen LogP contribution is -2.46. The van der Waals surface area contributed by atoms with Gasteiger partial charge in [0.05, 0.1) is 19.8 Å². The number of morpholine rings is 1. The number of hydrogen-bond acceptors (Lipinski definition) is 6. The molecule has 1 unspecified atom stereocenters. The molecule has 23 heavy (non-hydrogen) atoms. The zero-order valence-corrected chi connectivity index (χ0v) is 13.1. The van der Waals surface area contributed by atoms with Gasteiger partial charge in [-0.2, -0.15) is 4.98 Å². The number of benzene rings is 1. The van der Waals surface area contributed by atoms with Crippen LogP contribution in [0.5, 0.6) is 0 Å². The second-order valence-electron chi connectivity index (χ2n) is 5.40. The quantitative estimate of drug-likeness (QED) is 0.889. The predicted molar refractivity (Wildman–Crippen MR) is 82.5 cm³/mol. The van der Waals surface area contributed by atoms with E-state index in [1.807, 2.05) is 35.2 Å². The van der Waals surface area contributed by atoms with E-state index in [1.165, 1.54) is 0 Å². The van der Waals surface area contributed by atoms with E-state index in [4.69, 9.17) is 9.26 Å². The summed E-state index contributed by atoms with van der Waals surface area (Å²) in [4.78, 5) is 18.9. The van der Waals surface area contributed by atoms with Crippen LogP contribution in [0, 0.1) is 6.92 Å². The Hall–Kier alpha value is -2.25. The molecule has 1 aromatic carbocycles. The molecule has 1 atom stereocenters. The van der Waals surface area contributed by atoms with E-state index in [1.54, 1.807) is 6.92 Å². The van der Waals surface area contributed by atoms with Gasteiger partial charge in [0, 0.05) is 13.1 Å². The van der Waals surface area contributed by atoms with Crippen molar-refractivity contribution in [2.45, 2.75) is 19.5 Å². The van der Waals surface area contributed by atoms with Crippen LogP contribution in [-0.2, 0) is 16.1 Å². The van der Waals surface area contributed by atoms with Gasteiger partial charge in [-0.05, 0) is 12.5 Å². The number of carbonyl (C=O) groups excluding carboxylic acids is 1. The Kier molecular flexibility index (Phi) is 4.99. The van der Waals surface area contributed by atoms with Gasteiger partial charge in [0.15, 0.2) is 5.82 Å². The monoisotopic (exact) mass is 316 g/mol. The third kappa shape index (κ3) is 3.94. The molecule has 0 aliphatic carbocycles. The molecule has 1 N–H and O–H groups in total. The third-order valence-electron chi connectivity index (χ3n) is 3.73. The fourth-order valence-electron chi connectivity index (χ4n) is 2.56. The average Bonchev–Trinajstić information content (AvgIpc) is 3.02. The highest BCUT2D eigenvalue weighted by Crippen LogP contribution is 2.17. The van der Waals surface area contributed by atoms with Crippen LogP contribution in [0.4, 0.5) is 0 Å². The second kappa shape index (κ2) is 7.34. The summed E-state index contributed by atoms with van der Waals surface area (Å²) in [5.41, 5.74) is 0.917. The Labute approximate surface area is 134 Å². The van der Waals surface area contributed by atoms with E-state index in [0.717, 1.165) is 5.56 Å². The summed E-state index contributed by atoms with van der Waals surface area (Å²) in [5, 5.41) is 7.00. The van der Waals surface area contributed by atoms with Crippen molar-refractivity contribution in [3.63, 3.8) is 0 Å². The van der Waals surface area contributed by atoms with Crippen LogP contribution in [0.3, 0.4) is 0 Å². The summed E-state index contributed by atoms with van der Waals surface area (Å²) in [6, 6.07) is 9.22. The van der Waals surface area contributed by atoms with E-state index in [0.29, 0.717) is 44.6 Å². The molecule has 0 saturated carbocycles. The highest BCUT2D eigenvalue weighted by atomic mass is 16.5. The average molecular weight is 316 g/mol. The van der Waals surface area contributed by atoms with Crippen molar-refractivity contribution >= 4 is 5.91 Å². The van der Waals surface area contributed by atoms with Crippen LogP contribution in [0.1, 0.15) is 23.3 Å². The van der Waals surface area contributed by atoms with Crippen molar-refractivity contribution in [1.29, 1.82) is 0 Å². The van der Waals surface area contributed by atoms with Crippen molar-refractivity contribution in [1.82, 2.24) is 20.4 Å². The molecule has 0 spiro atoms. The lowest BCUT2D eigenvalue weighted by Gasteiger charge is -2.30. The van der Waals surface area contributed by atoms with E-state index in [2.05, 4.69) is 15.5 Å². The Morgan fingerprint density at radius 3 is 2.70 bits per heavy atom. The number of aryl methyl sites for hydroxylation is 1. The van der Waals surface area contributed by atoms with E-state index < -0.39 is 6.04 Å². The molecule has 0 bridgehead atoms. The number of aromatic nitrogens is 2. The zero-order valence-electron chi connectivity index (χ0n) is 13.1. The number of hydrogen-bond donors (Lipinski definition) is 1. The molecule has 1 amide bonds. The molecule has 2 aromatic rings. The van der Waals surface area contributed by atoms with Gasteiger partial charge in [0.2, 0.25) is 11.8 Å².